The predicted octanol–water partition coefficient (Wildman–Crippen LogP) is 4.16. The minimum absolute atomic E-state index is 0.415. The topological polar surface area (TPSA) is 59.6 Å². The third kappa shape index (κ3) is 5.81. The van der Waals surface area contributed by atoms with Crippen LogP contribution < -0.4 is 15.8 Å². The summed E-state index contributed by atoms with van der Waals surface area (Å²) >= 11 is 1.78. The Morgan fingerprint density at radius 1 is 1.21 bits per heavy atom. The fraction of sp³-hybridized carbons (Fsp3) is 0.316. The second-order valence-corrected chi connectivity index (χ2v) is 6.85. The van der Waals surface area contributed by atoms with E-state index in [-0.39, 0.29) is 0 Å². The zero-order chi connectivity index (χ0) is 17.4. The van der Waals surface area contributed by atoms with E-state index in [2.05, 4.69) is 30.2 Å². The Morgan fingerprint density at radius 2 is 1.92 bits per heavy atom. The normalized spacial score (nSPS) is 12.7. The average Bonchev–Trinajstić information content (AvgIpc) is 2.60. The number of guanidine groups is 1. The van der Waals surface area contributed by atoms with Gasteiger partial charge >= 0.3 is 0 Å². The smallest absolute Gasteiger partial charge is 0.193 e. The van der Waals surface area contributed by atoms with Crippen molar-refractivity contribution in [2.75, 3.05) is 24.7 Å². The van der Waals surface area contributed by atoms with E-state index in [1.165, 1.54) is 5.56 Å². The number of aryl methyl sites for hydroxylation is 1. The van der Waals surface area contributed by atoms with E-state index in [0.29, 0.717) is 18.4 Å². The first-order chi connectivity index (χ1) is 11.6. The van der Waals surface area contributed by atoms with Gasteiger partial charge in [-0.3, -0.25) is 4.99 Å². The lowest BCUT2D eigenvalue weighted by Crippen LogP contribution is -2.23. The van der Waals surface area contributed by atoms with Crippen molar-refractivity contribution in [1.82, 2.24) is 0 Å². The van der Waals surface area contributed by atoms with Crippen LogP contribution in [0.4, 0.5) is 5.69 Å². The van der Waals surface area contributed by atoms with E-state index in [4.69, 9.17) is 10.5 Å². The maximum atomic E-state index is 5.96. The Labute approximate surface area is 148 Å². The SMILES string of the molecule is COc1ccccc1SCC(C)CN=C(N)Nc1ccc(C)cc1. The molecule has 0 aliphatic heterocycles. The summed E-state index contributed by atoms with van der Waals surface area (Å²) in [5, 5.41) is 3.12. The number of thioether (sulfide) groups is 1. The first-order valence-electron chi connectivity index (χ1n) is 7.98. The largest absolute Gasteiger partial charge is 0.496 e. The van der Waals surface area contributed by atoms with Gasteiger partial charge in [0.15, 0.2) is 5.96 Å². The minimum atomic E-state index is 0.415. The fourth-order valence-electron chi connectivity index (χ4n) is 2.10. The van der Waals surface area contributed by atoms with Crippen LogP contribution in [0.3, 0.4) is 0 Å². The van der Waals surface area contributed by atoms with Gasteiger partial charge in [-0.2, -0.15) is 0 Å². The summed E-state index contributed by atoms with van der Waals surface area (Å²) < 4.78 is 5.37. The fourth-order valence-corrected chi connectivity index (χ4v) is 3.14. The number of methoxy groups -OCH3 is 1. The quantitative estimate of drug-likeness (QED) is 0.450. The van der Waals surface area contributed by atoms with Crippen molar-refractivity contribution in [1.29, 1.82) is 0 Å². The van der Waals surface area contributed by atoms with Gasteiger partial charge in [-0.25, -0.2) is 0 Å². The molecular formula is C19H25N3OS. The number of rotatable bonds is 7. The molecule has 4 nitrogen and oxygen atoms in total. The van der Waals surface area contributed by atoms with E-state index in [9.17, 15) is 0 Å². The van der Waals surface area contributed by atoms with Crippen molar-refractivity contribution in [2.45, 2.75) is 18.7 Å². The van der Waals surface area contributed by atoms with Gasteiger partial charge in [0.25, 0.3) is 0 Å². The van der Waals surface area contributed by atoms with Crippen LogP contribution in [0.1, 0.15) is 12.5 Å². The molecule has 0 aromatic heterocycles. The van der Waals surface area contributed by atoms with Crippen molar-refractivity contribution in [3.8, 4) is 5.75 Å². The van der Waals surface area contributed by atoms with Gasteiger partial charge in [-0.15, -0.1) is 11.8 Å². The van der Waals surface area contributed by atoms with Crippen LogP contribution in [0, 0.1) is 12.8 Å². The monoisotopic (exact) mass is 343 g/mol. The highest BCUT2D eigenvalue weighted by Crippen LogP contribution is 2.29. The molecule has 2 aromatic rings. The van der Waals surface area contributed by atoms with Gasteiger partial charge in [0.2, 0.25) is 0 Å². The number of ether oxygens (including phenoxy) is 1. The molecule has 0 heterocycles. The Hall–Kier alpha value is -2.14. The highest BCUT2D eigenvalue weighted by Gasteiger charge is 2.07. The summed E-state index contributed by atoms with van der Waals surface area (Å²) in [5.41, 5.74) is 8.13. The van der Waals surface area contributed by atoms with Crippen LogP contribution in [0.2, 0.25) is 0 Å². The summed E-state index contributed by atoms with van der Waals surface area (Å²) in [7, 11) is 1.70. The molecular weight excluding hydrogens is 318 g/mol. The highest BCUT2D eigenvalue weighted by molar-refractivity contribution is 7.99. The van der Waals surface area contributed by atoms with Crippen LogP contribution in [0.5, 0.6) is 5.75 Å². The molecule has 1 atom stereocenters. The number of aliphatic imine (C=N–C) groups is 1. The molecule has 0 fully saturated rings. The summed E-state index contributed by atoms with van der Waals surface area (Å²) in [6.07, 6.45) is 0. The van der Waals surface area contributed by atoms with Crippen LogP contribution in [0.25, 0.3) is 0 Å². The van der Waals surface area contributed by atoms with Crippen molar-refractivity contribution >= 4 is 23.4 Å². The molecule has 0 aliphatic rings. The first-order valence-corrected chi connectivity index (χ1v) is 8.96. The number of benzene rings is 2. The zero-order valence-electron chi connectivity index (χ0n) is 14.5. The van der Waals surface area contributed by atoms with Gasteiger partial charge in [-0.1, -0.05) is 36.8 Å². The summed E-state index contributed by atoms with van der Waals surface area (Å²) in [5.74, 6) is 2.74. The lowest BCUT2D eigenvalue weighted by molar-refractivity contribution is 0.405. The van der Waals surface area contributed by atoms with E-state index >= 15 is 0 Å². The number of para-hydroxylation sites is 1. The number of hydrogen-bond donors (Lipinski definition) is 2. The summed E-state index contributed by atoms with van der Waals surface area (Å²) in [6, 6.07) is 16.1. The molecule has 3 N–H and O–H groups in total. The van der Waals surface area contributed by atoms with E-state index in [1.807, 2.05) is 42.5 Å². The van der Waals surface area contributed by atoms with Crippen LogP contribution in [-0.2, 0) is 0 Å². The molecule has 0 aliphatic carbocycles. The zero-order valence-corrected chi connectivity index (χ0v) is 15.3. The number of anilines is 1. The third-order valence-electron chi connectivity index (χ3n) is 3.49. The molecule has 1 unspecified atom stereocenters. The van der Waals surface area contributed by atoms with Gasteiger partial charge < -0.3 is 15.8 Å². The van der Waals surface area contributed by atoms with Gasteiger partial charge in [0.1, 0.15) is 5.75 Å². The minimum Gasteiger partial charge on any atom is -0.496 e. The molecule has 2 aromatic carbocycles. The lowest BCUT2D eigenvalue weighted by atomic mass is 10.2. The molecule has 0 saturated carbocycles. The molecule has 0 spiro atoms. The van der Waals surface area contributed by atoms with Crippen LogP contribution in [0.15, 0.2) is 58.4 Å². The molecule has 0 radical (unpaired) electrons. The summed E-state index contributed by atoms with van der Waals surface area (Å²) in [4.78, 5) is 5.59. The molecule has 0 amide bonds. The van der Waals surface area contributed by atoms with Gasteiger partial charge in [-0.05, 0) is 37.1 Å². The van der Waals surface area contributed by atoms with E-state index in [1.54, 1.807) is 18.9 Å². The van der Waals surface area contributed by atoms with Gasteiger partial charge in [0.05, 0.1) is 7.11 Å². The van der Waals surface area contributed by atoms with E-state index in [0.717, 1.165) is 22.1 Å². The first kappa shape index (κ1) is 18.2. The molecule has 5 heteroatoms. The maximum absolute atomic E-state index is 5.96. The number of hydrogen-bond acceptors (Lipinski definition) is 3. The third-order valence-corrected chi connectivity index (χ3v) is 4.87. The molecule has 24 heavy (non-hydrogen) atoms. The van der Waals surface area contributed by atoms with Crippen LogP contribution >= 0.6 is 11.8 Å². The van der Waals surface area contributed by atoms with Crippen molar-refractivity contribution in [3.05, 3.63) is 54.1 Å². The van der Waals surface area contributed by atoms with Gasteiger partial charge in [0, 0.05) is 22.9 Å². The Morgan fingerprint density at radius 3 is 2.62 bits per heavy atom. The van der Waals surface area contributed by atoms with E-state index < -0.39 is 0 Å². The molecule has 0 bridgehead atoms. The molecule has 2 rings (SSSR count). The van der Waals surface area contributed by atoms with Crippen LogP contribution in [-0.4, -0.2) is 25.4 Å². The highest BCUT2D eigenvalue weighted by atomic mass is 32.2. The second kappa shape index (κ2) is 9.23. The lowest BCUT2D eigenvalue weighted by Gasteiger charge is -2.12. The second-order valence-electron chi connectivity index (χ2n) is 5.78. The predicted molar refractivity (Wildman–Crippen MR) is 104 cm³/mol. The maximum Gasteiger partial charge on any atom is 0.193 e. The van der Waals surface area contributed by atoms with Crippen molar-refractivity contribution in [2.24, 2.45) is 16.6 Å². The molecule has 128 valence electrons. The van der Waals surface area contributed by atoms with Crippen molar-refractivity contribution < 1.29 is 4.74 Å². The average molecular weight is 343 g/mol. The number of nitrogens with zero attached hydrogens (tertiary/aromatic N) is 1. The number of nitrogens with one attached hydrogen (secondary N) is 1. The summed E-state index contributed by atoms with van der Waals surface area (Å²) in [6.45, 7) is 4.92. The molecule has 0 saturated heterocycles. The Kier molecular flexibility index (Phi) is 7.00. The Bertz CT molecular complexity index is 671. The standard InChI is InChI=1S/C19H25N3OS/c1-14-8-10-16(11-9-14)22-19(20)21-12-15(2)13-24-18-7-5-4-6-17(18)23-3/h4-11,15H,12-13H2,1-3H3,(H3,20,21,22). The van der Waals surface area contributed by atoms with Crippen molar-refractivity contribution in [3.63, 3.8) is 0 Å². The Balaban J connectivity index is 1.81. The number of nitrogens with two attached hydrogens (primary N) is 1.